The lowest BCUT2D eigenvalue weighted by molar-refractivity contribution is 0.0669. The summed E-state index contributed by atoms with van der Waals surface area (Å²) >= 11 is 0. The summed E-state index contributed by atoms with van der Waals surface area (Å²) in [6.45, 7) is 6.29. The zero-order valence-corrected chi connectivity index (χ0v) is 10.8. The average molecular weight is 252 g/mol. The van der Waals surface area contributed by atoms with E-state index in [-0.39, 0.29) is 5.91 Å². The number of likely N-dealkylation sites (N-methyl/N-ethyl adjacent to an activating group) is 1. The number of nitrogens with zero attached hydrogens (tertiary/aromatic N) is 2. The highest BCUT2D eigenvalue weighted by atomic mass is 16.5. The van der Waals surface area contributed by atoms with Gasteiger partial charge in [-0.2, -0.15) is 0 Å². The van der Waals surface area contributed by atoms with Crippen LogP contribution in [0.2, 0.25) is 0 Å². The topological polar surface area (TPSA) is 80.5 Å². The lowest BCUT2D eigenvalue weighted by atomic mass is 10.2. The minimum absolute atomic E-state index is 0.0453. The summed E-state index contributed by atoms with van der Waals surface area (Å²) in [4.78, 5) is 17.9. The first-order chi connectivity index (χ1) is 8.72. The third kappa shape index (κ3) is 3.97. The van der Waals surface area contributed by atoms with Gasteiger partial charge in [0.15, 0.2) is 0 Å². The van der Waals surface area contributed by atoms with Gasteiger partial charge in [-0.15, -0.1) is 0 Å². The van der Waals surface area contributed by atoms with Crippen LogP contribution in [0.3, 0.4) is 0 Å². The number of hydrogen-bond donors (Lipinski definition) is 2. The molecule has 100 valence electrons. The Bertz CT molecular complexity index is 384. The van der Waals surface area contributed by atoms with E-state index in [4.69, 9.17) is 10.6 Å². The summed E-state index contributed by atoms with van der Waals surface area (Å²) in [6.07, 6.45) is 1.55. The second-order valence-corrected chi connectivity index (χ2v) is 3.66. The third-order valence-electron chi connectivity index (χ3n) is 2.53. The molecule has 0 saturated heterocycles. The largest absolute Gasteiger partial charge is 0.380 e. The maximum Gasteiger partial charge on any atom is 0.254 e. The van der Waals surface area contributed by atoms with Gasteiger partial charge in [0.2, 0.25) is 0 Å². The zero-order valence-electron chi connectivity index (χ0n) is 10.8. The lowest BCUT2D eigenvalue weighted by Gasteiger charge is -2.20. The molecule has 1 aromatic rings. The van der Waals surface area contributed by atoms with E-state index in [9.17, 15) is 4.79 Å². The molecule has 6 nitrogen and oxygen atoms in total. The fraction of sp³-hybridized carbons (Fsp3) is 0.500. The molecule has 3 N–H and O–H groups in total. The number of nitrogens with two attached hydrogens (primary N) is 1. The van der Waals surface area contributed by atoms with Gasteiger partial charge in [-0.1, -0.05) is 0 Å². The molecule has 1 amide bonds. The fourth-order valence-electron chi connectivity index (χ4n) is 1.55. The van der Waals surface area contributed by atoms with Crippen LogP contribution in [0.5, 0.6) is 0 Å². The standard InChI is InChI=1S/C12H20N4O2/c1-3-16(7-8-18-4-2)12(17)10-5-6-14-11(9-10)15-13/h5-6,9H,3-4,7-8,13H2,1-2H3,(H,14,15). The number of nitrogens with one attached hydrogen (secondary N) is 1. The Morgan fingerprint density at radius 1 is 1.56 bits per heavy atom. The molecule has 0 radical (unpaired) electrons. The van der Waals surface area contributed by atoms with Crippen LogP contribution in [0.15, 0.2) is 18.3 Å². The van der Waals surface area contributed by atoms with Gasteiger partial charge in [-0.05, 0) is 26.0 Å². The highest BCUT2D eigenvalue weighted by molar-refractivity contribution is 5.94. The van der Waals surface area contributed by atoms with Crippen molar-refractivity contribution in [3.8, 4) is 0 Å². The summed E-state index contributed by atoms with van der Waals surface area (Å²) in [6, 6.07) is 3.30. The van der Waals surface area contributed by atoms with E-state index in [1.165, 1.54) is 0 Å². The molecule has 18 heavy (non-hydrogen) atoms. The van der Waals surface area contributed by atoms with Crippen molar-refractivity contribution >= 4 is 11.7 Å². The first-order valence-corrected chi connectivity index (χ1v) is 6.02. The minimum Gasteiger partial charge on any atom is -0.380 e. The van der Waals surface area contributed by atoms with Crippen LogP contribution in [0.25, 0.3) is 0 Å². The van der Waals surface area contributed by atoms with E-state index in [0.717, 1.165) is 0 Å². The number of amides is 1. The van der Waals surface area contributed by atoms with E-state index in [1.54, 1.807) is 23.2 Å². The molecule has 0 bridgehead atoms. The molecule has 0 atom stereocenters. The van der Waals surface area contributed by atoms with Crippen molar-refractivity contribution in [3.63, 3.8) is 0 Å². The van der Waals surface area contributed by atoms with Crippen molar-refractivity contribution in [3.05, 3.63) is 23.9 Å². The number of hydrazine groups is 1. The molecule has 0 unspecified atom stereocenters. The average Bonchev–Trinajstić information content (AvgIpc) is 2.43. The van der Waals surface area contributed by atoms with Crippen molar-refractivity contribution < 1.29 is 9.53 Å². The second kappa shape index (κ2) is 7.62. The number of anilines is 1. The predicted octanol–water partition coefficient (Wildman–Crippen LogP) is 0.866. The lowest BCUT2D eigenvalue weighted by Crippen LogP contribution is -2.34. The van der Waals surface area contributed by atoms with Gasteiger partial charge in [0.05, 0.1) is 6.61 Å². The summed E-state index contributed by atoms with van der Waals surface area (Å²) in [5.74, 6) is 5.70. The quantitative estimate of drug-likeness (QED) is 0.427. The van der Waals surface area contributed by atoms with E-state index < -0.39 is 0 Å². The molecule has 1 heterocycles. The zero-order chi connectivity index (χ0) is 13.4. The van der Waals surface area contributed by atoms with Crippen LogP contribution in [-0.2, 0) is 4.74 Å². The monoisotopic (exact) mass is 252 g/mol. The number of ether oxygens (including phenoxy) is 1. The first kappa shape index (κ1) is 14.4. The highest BCUT2D eigenvalue weighted by Crippen LogP contribution is 2.08. The molecule has 0 aromatic carbocycles. The van der Waals surface area contributed by atoms with E-state index >= 15 is 0 Å². The number of rotatable bonds is 7. The van der Waals surface area contributed by atoms with Gasteiger partial charge in [-0.25, -0.2) is 10.8 Å². The first-order valence-electron chi connectivity index (χ1n) is 6.02. The molecule has 0 spiro atoms. The summed E-state index contributed by atoms with van der Waals surface area (Å²) in [5, 5.41) is 0. The summed E-state index contributed by atoms with van der Waals surface area (Å²) < 4.78 is 5.26. The number of carbonyl (C=O) groups excluding carboxylic acids is 1. The van der Waals surface area contributed by atoms with Gasteiger partial charge in [0.25, 0.3) is 5.91 Å². The second-order valence-electron chi connectivity index (χ2n) is 3.66. The molecule has 1 aromatic heterocycles. The minimum atomic E-state index is -0.0453. The molecule has 0 aliphatic heterocycles. The molecular weight excluding hydrogens is 232 g/mol. The summed E-state index contributed by atoms with van der Waals surface area (Å²) in [7, 11) is 0. The maximum absolute atomic E-state index is 12.2. The Hall–Kier alpha value is -1.66. The van der Waals surface area contributed by atoms with Crippen molar-refractivity contribution in [1.82, 2.24) is 9.88 Å². The van der Waals surface area contributed by atoms with E-state index in [2.05, 4.69) is 10.4 Å². The van der Waals surface area contributed by atoms with E-state index in [0.29, 0.717) is 37.7 Å². The van der Waals surface area contributed by atoms with Gasteiger partial charge in [-0.3, -0.25) is 4.79 Å². The van der Waals surface area contributed by atoms with Crippen LogP contribution in [-0.4, -0.2) is 42.1 Å². The van der Waals surface area contributed by atoms with Gasteiger partial charge in [0, 0.05) is 31.5 Å². The Balaban J connectivity index is 2.69. The predicted molar refractivity (Wildman–Crippen MR) is 70.1 cm³/mol. The molecule has 0 aliphatic rings. The van der Waals surface area contributed by atoms with Crippen LogP contribution >= 0.6 is 0 Å². The number of pyridine rings is 1. The fourth-order valence-corrected chi connectivity index (χ4v) is 1.55. The van der Waals surface area contributed by atoms with Gasteiger partial charge in [0.1, 0.15) is 5.82 Å². The normalized spacial score (nSPS) is 10.2. The Morgan fingerprint density at radius 2 is 2.33 bits per heavy atom. The Labute approximate surface area is 107 Å². The van der Waals surface area contributed by atoms with Crippen molar-refractivity contribution in [2.45, 2.75) is 13.8 Å². The molecular formula is C12H20N4O2. The molecule has 0 aliphatic carbocycles. The number of hydrogen-bond acceptors (Lipinski definition) is 5. The van der Waals surface area contributed by atoms with Crippen LogP contribution < -0.4 is 11.3 Å². The Morgan fingerprint density at radius 3 is 2.94 bits per heavy atom. The van der Waals surface area contributed by atoms with Crippen LogP contribution in [0.4, 0.5) is 5.82 Å². The van der Waals surface area contributed by atoms with Gasteiger partial charge >= 0.3 is 0 Å². The number of carbonyl (C=O) groups is 1. The van der Waals surface area contributed by atoms with Crippen molar-refractivity contribution in [2.24, 2.45) is 5.84 Å². The van der Waals surface area contributed by atoms with Crippen molar-refractivity contribution in [2.75, 3.05) is 31.7 Å². The van der Waals surface area contributed by atoms with Crippen LogP contribution in [0, 0.1) is 0 Å². The Kier molecular flexibility index (Phi) is 6.10. The summed E-state index contributed by atoms with van der Waals surface area (Å²) in [5.41, 5.74) is 2.99. The smallest absolute Gasteiger partial charge is 0.254 e. The molecule has 0 saturated carbocycles. The highest BCUT2D eigenvalue weighted by Gasteiger charge is 2.14. The van der Waals surface area contributed by atoms with Crippen LogP contribution in [0.1, 0.15) is 24.2 Å². The third-order valence-corrected chi connectivity index (χ3v) is 2.53. The van der Waals surface area contributed by atoms with E-state index in [1.807, 2.05) is 13.8 Å². The number of nitrogen functional groups attached to an aromatic ring is 1. The van der Waals surface area contributed by atoms with Crippen molar-refractivity contribution in [1.29, 1.82) is 0 Å². The molecule has 1 rings (SSSR count). The maximum atomic E-state index is 12.2. The number of aromatic nitrogens is 1. The van der Waals surface area contributed by atoms with Gasteiger partial charge < -0.3 is 15.1 Å². The SMILES string of the molecule is CCOCCN(CC)C(=O)c1ccnc(NN)c1. The molecule has 0 fully saturated rings. The molecule has 6 heteroatoms.